The highest BCUT2D eigenvalue weighted by molar-refractivity contribution is 6.32. The van der Waals surface area contributed by atoms with Gasteiger partial charge in [-0.2, -0.15) is 5.26 Å². The van der Waals surface area contributed by atoms with E-state index in [2.05, 4.69) is 18.3 Å². The molecule has 0 saturated heterocycles. The van der Waals surface area contributed by atoms with E-state index in [1.54, 1.807) is 19.2 Å². The number of hydrogen-bond acceptors (Lipinski definition) is 3. The van der Waals surface area contributed by atoms with Crippen LogP contribution in [0.1, 0.15) is 24.9 Å². The van der Waals surface area contributed by atoms with Crippen molar-refractivity contribution >= 4 is 11.6 Å². The van der Waals surface area contributed by atoms with Crippen molar-refractivity contribution in [3.05, 3.63) is 28.8 Å². The first kappa shape index (κ1) is 12.8. The summed E-state index contributed by atoms with van der Waals surface area (Å²) in [6.07, 6.45) is 0.988. The van der Waals surface area contributed by atoms with Crippen LogP contribution >= 0.6 is 11.6 Å². The topological polar surface area (TPSA) is 45.0 Å². The number of ether oxygens (including phenoxy) is 1. The van der Waals surface area contributed by atoms with Crippen LogP contribution < -0.4 is 10.1 Å². The first-order valence-corrected chi connectivity index (χ1v) is 5.57. The summed E-state index contributed by atoms with van der Waals surface area (Å²) in [5, 5.41) is 12.7. The van der Waals surface area contributed by atoms with Crippen molar-refractivity contribution < 1.29 is 4.74 Å². The summed E-state index contributed by atoms with van der Waals surface area (Å²) in [5.41, 5.74) is 0.863. The van der Waals surface area contributed by atoms with Crippen LogP contribution in [0.3, 0.4) is 0 Å². The smallest absolute Gasteiger partial charge is 0.137 e. The zero-order chi connectivity index (χ0) is 12.0. The first-order valence-electron chi connectivity index (χ1n) is 5.19. The van der Waals surface area contributed by atoms with Gasteiger partial charge in [0.15, 0.2) is 0 Å². The Morgan fingerprint density at radius 2 is 2.31 bits per heavy atom. The van der Waals surface area contributed by atoms with E-state index >= 15 is 0 Å². The van der Waals surface area contributed by atoms with Crippen LogP contribution in [0.25, 0.3) is 0 Å². The van der Waals surface area contributed by atoms with Crippen molar-refractivity contribution in [1.29, 1.82) is 5.26 Å². The van der Waals surface area contributed by atoms with Gasteiger partial charge in [0, 0.05) is 0 Å². The molecule has 1 aromatic rings. The minimum Gasteiger partial charge on any atom is -0.495 e. The molecule has 0 heterocycles. The number of halogens is 1. The molecule has 1 rings (SSSR count). The average Bonchev–Trinajstić information content (AvgIpc) is 2.30. The Bertz CT molecular complexity index is 387. The molecule has 0 radical (unpaired) electrons. The van der Waals surface area contributed by atoms with Crippen LogP contribution in [0, 0.1) is 11.3 Å². The number of nitriles is 1. The lowest BCUT2D eigenvalue weighted by molar-refractivity contribution is 0.414. The van der Waals surface area contributed by atoms with Crippen LogP contribution in [0.15, 0.2) is 18.2 Å². The molecule has 0 fully saturated rings. The number of rotatable bonds is 5. The molecule has 0 amide bonds. The Morgan fingerprint density at radius 3 is 2.81 bits per heavy atom. The Hall–Kier alpha value is -1.24. The summed E-state index contributed by atoms with van der Waals surface area (Å²) in [6.45, 7) is 2.87. The Labute approximate surface area is 101 Å². The molecule has 1 unspecified atom stereocenters. The minimum absolute atomic E-state index is 0.316. The number of hydrogen-bond donors (Lipinski definition) is 1. The normalized spacial score (nSPS) is 11.9. The van der Waals surface area contributed by atoms with E-state index in [-0.39, 0.29) is 6.04 Å². The largest absolute Gasteiger partial charge is 0.495 e. The maximum atomic E-state index is 9.04. The minimum atomic E-state index is -0.316. The van der Waals surface area contributed by atoms with Gasteiger partial charge in [0.2, 0.25) is 0 Å². The van der Waals surface area contributed by atoms with Gasteiger partial charge >= 0.3 is 0 Å². The lowest BCUT2D eigenvalue weighted by Gasteiger charge is -2.12. The first-order chi connectivity index (χ1) is 7.72. The molecule has 3 nitrogen and oxygen atoms in total. The molecule has 1 N–H and O–H groups in total. The van der Waals surface area contributed by atoms with Gasteiger partial charge in [0.05, 0.1) is 18.2 Å². The second kappa shape index (κ2) is 6.37. The van der Waals surface area contributed by atoms with Crippen molar-refractivity contribution in [2.75, 3.05) is 13.7 Å². The standard InChI is InChI=1S/C12H15ClN2O/c1-3-6-15-11(8-14)9-4-5-12(16-2)10(13)7-9/h4-5,7,11,15H,3,6H2,1-2H3. The monoisotopic (exact) mass is 238 g/mol. The van der Waals surface area contributed by atoms with E-state index in [9.17, 15) is 0 Å². The summed E-state index contributed by atoms with van der Waals surface area (Å²) < 4.78 is 5.06. The van der Waals surface area contributed by atoms with E-state index in [1.807, 2.05) is 6.07 Å². The molecule has 0 saturated carbocycles. The van der Waals surface area contributed by atoms with E-state index in [0.717, 1.165) is 18.5 Å². The molecule has 1 atom stereocenters. The van der Waals surface area contributed by atoms with Gasteiger partial charge in [0.1, 0.15) is 11.8 Å². The van der Waals surface area contributed by atoms with Crippen LogP contribution in [-0.4, -0.2) is 13.7 Å². The third-order valence-electron chi connectivity index (χ3n) is 2.24. The Kier molecular flexibility index (Phi) is 5.10. The fourth-order valence-electron chi connectivity index (χ4n) is 1.39. The molecule has 0 aliphatic carbocycles. The average molecular weight is 239 g/mol. The molecule has 0 bridgehead atoms. The lowest BCUT2D eigenvalue weighted by atomic mass is 10.1. The maximum Gasteiger partial charge on any atom is 0.137 e. The van der Waals surface area contributed by atoms with E-state index in [1.165, 1.54) is 0 Å². The molecule has 0 aromatic heterocycles. The second-order valence-corrected chi connectivity index (χ2v) is 3.82. The predicted molar refractivity (Wildman–Crippen MR) is 64.7 cm³/mol. The van der Waals surface area contributed by atoms with Gasteiger partial charge in [-0.15, -0.1) is 0 Å². The van der Waals surface area contributed by atoms with Crippen LogP contribution in [-0.2, 0) is 0 Å². The van der Waals surface area contributed by atoms with Crippen molar-refractivity contribution in [3.8, 4) is 11.8 Å². The van der Waals surface area contributed by atoms with Gasteiger partial charge in [-0.25, -0.2) is 0 Å². The fraction of sp³-hybridized carbons (Fsp3) is 0.417. The summed E-state index contributed by atoms with van der Waals surface area (Å²) in [4.78, 5) is 0. The molecular weight excluding hydrogens is 224 g/mol. The highest BCUT2D eigenvalue weighted by Gasteiger charge is 2.11. The van der Waals surface area contributed by atoms with Crippen LogP contribution in [0.5, 0.6) is 5.75 Å². The Morgan fingerprint density at radius 1 is 1.56 bits per heavy atom. The zero-order valence-electron chi connectivity index (χ0n) is 9.46. The fourth-order valence-corrected chi connectivity index (χ4v) is 1.66. The molecule has 86 valence electrons. The second-order valence-electron chi connectivity index (χ2n) is 3.41. The predicted octanol–water partition coefficient (Wildman–Crippen LogP) is 2.91. The number of methoxy groups -OCH3 is 1. The van der Waals surface area contributed by atoms with Crippen LogP contribution in [0.2, 0.25) is 5.02 Å². The highest BCUT2D eigenvalue weighted by Crippen LogP contribution is 2.27. The quantitative estimate of drug-likeness (QED) is 0.858. The van der Waals surface area contributed by atoms with E-state index in [4.69, 9.17) is 21.6 Å². The van der Waals surface area contributed by atoms with Gasteiger partial charge in [-0.3, -0.25) is 5.32 Å². The van der Waals surface area contributed by atoms with Crippen molar-refractivity contribution in [2.24, 2.45) is 0 Å². The highest BCUT2D eigenvalue weighted by atomic mass is 35.5. The van der Waals surface area contributed by atoms with Gasteiger partial charge in [0.25, 0.3) is 0 Å². The Balaban J connectivity index is 2.86. The van der Waals surface area contributed by atoms with Crippen molar-refractivity contribution in [1.82, 2.24) is 5.32 Å². The molecular formula is C12H15ClN2O. The molecule has 4 heteroatoms. The third-order valence-corrected chi connectivity index (χ3v) is 2.53. The molecule has 16 heavy (non-hydrogen) atoms. The summed E-state index contributed by atoms with van der Waals surface area (Å²) in [7, 11) is 1.57. The van der Waals surface area contributed by atoms with Crippen molar-refractivity contribution in [2.45, 2.75) is 19.4 Å². The summed E-state index contributed by atoms with van der Waals surface area (Å²) in [5.74, 6) is 0.623. The molecule has 0 aliphatic heterocycles. The van der Waals surface area contributed by atoms with Gasteiger partial charge in [-0.05, 0) is 30.7 Å². The van der Waals surface area contributed by atoms with Crippen LogP contribution in [0.4, 0.5) is 0 Å². The van der Waals surface area contributed by atoms with E-state index in [0.29, 0.717) is 10.8 Å². The number of benzene rings is 1. The van der Waals surface area contributed by atoms with Crippen molar-refractivity contribution in [3.63, 3.8) is 0 Å². The number of nitrogens with zero attached hydrogens (tertiary/aromatic N) is 1. The van der Waals surface area contributed by atoms with Gasteiger partial charge < -0.3 is 4.74 Å². The summed E-state index contributed by atoms with van der Waals surface area (Å²) >= 11 is 6.00. The zero-order valence-corrected chi connectivity index (χ0v) is 10.2. The maximum absolute atomic E-state index is 9.04. The molecule has 1 aromatic carbocycles. The SMILES string of the molecule is CCCNC(C#N)c1ccc(OC)c(Cl)c1. The molecule has 0 spiro atoms. The lowest BCUT2D eigenvalue weighted by Crippen LogP contribution is -2.20. The van der Waals surface area contributed by atoms with Gasteiger partial charge in [-0.1, -0.05) is 24.6 Å². The molecule has 0 aliphatic rings. The number of nitrogens with one attached hydrogen (secondary N) is 1. The summed E-state index contributed by atoms with van der Waals surface area (Å²) in [6, 6.07) is 7.27. The van der Waals surface area contributed by atoms with E-state index < -0.39 is 0 Å². The third kappa shape index (κ3) is 3.13.